The molecule has 0 saturated heterocycles. The fourth-order valence-corrected chi connectivity index (χ4v) is 1.78. The molecule has 0 bridgehead atoms. The number of carbonyl (C=O) groups is 1. The lowest BCUT2D eigenvalue weighted by molar-refractivity contribution is 0.249. The van der Waals surface area contributed by atoms with Gasteiger partial charge in [-0.25, -0.2) is 4.79 Å². The smallest absolute Gasteiger partial charge is 0.319 e. The molecule has 4 heteroatoms. The van der Waals surface area contributed by atoms with Gasteiger partial charge in [0.15, 0.2) is 0 Å². The Morgan fingerprint density at radius 2 is 2.11 bits per heavy atom. The van der Waals surface area contributed by atoms with Crippen LogP contribution in [0.25, 0.3) is 0 Å². The Kier molecular flexibility index (Phi) is 5.65. The number of aryl methyl sites for hydroxylation is 1. The summed E-state index contributed by atoms with van der Waals surface area (Å²) < 4.78 is 0. The van der Waals surface area contributed by atoms with Crippen LogP contribution in [0.3, 0.4) is 0 Å². The van der Waals surface area contributed by atoms with Gasteiger partial charge in [-0.15, -0.1) is 0 Å². The zero-order chi connectivity index (χ0) is 13.5. The highest BCUT2D eigenvalue weighted by Crippen LogP contribution is 2.27. The number of nitrogens with one attached hydrogen (secondary N) is 2. The summed E-state index contributed by atoms with van der Waals surface area (Å²) in [7, 11) is 0. The number of benzene rings is 1. The minimum Gasteiger partial charge on any atom is -0.396 e. The van der Waals surface area contributed by atoms with Gasteiger partial charge in [-0.3, -0.25) is 0 Å². The number of aliphatic hydroxyl groups excluding tert-OH is 1. The van der Waals surface area contributed by atoms with Gasteiger partial charge in [-0.05, 0) is 30.4 Å². The van der Waals surface area contributed by atoms with Gasteiger partial charge in [-0.2, -0.15) is 0 Å². The number of hydrogen-bond acceptors (Lipinski definition) is 2. The predicted octanol–water partition coefficient (Wildman–Crippen LogP) is 2.62. The first-order valence-electron chi connectivity index (χ1n) is 6.31. The molecule has 0 atom stereocenters. The van der Waals surface area contributed by atoms with E-state index in [9.17, 15) is 4.79 Å². The van der Waals surface area contributed by atoms with Crippen molar-refractivity contribution in [3.8, 4) is 0 Å². The number of carbonyl (C=O) groups excluding carboxylic acids is 1. The fraction of sp³-hybridized carbons (Fsp3) is 0.500. The van der Waals surface area contributed by atoms with Crippen molar-refractivity contribution < 1.29 is 9.90 Å². The number of urea groups is 1. The standard InChI is InChI=1S/C14H22N2O2/c1-10(2)12-7-4-6-11(3)13(12)16-14(18)15-8-5-9-17/h4,6-7,10,17H,5,8-9H2,1-3H3,(H2,15,16,18). The second kappa shape index (κ2) is 7.01. The van der Waals surface area contributed by atoms with E-state index < -0.39 is 0 Å². The minimum absolute atomic E-state index is 0.0852. The van der Waals surface area contributed by atoms with E-state index in [1.165, 1.54) is 0 Å². The highest BCUT2D eigenvalue weighted by atomic mass is 16.3. The lowest BCUT2D eigenvalue weighted by Crippen LogP contribution is -2.30. The third-order valence-corrected chi connectivity index (χ3v) is 2.79. The summed E-state index contributed by atoms with van der Waals surface area (Å²) in [6.07, 6.45) is 0.568. The summed E-state index contributed by atoms with van der Waals surface area (Å²) in [5.41, 5.74) is 3.07. The van der Waals surface area contributed by atoms with Crippen LogP contribution >= 0.6 is 0 Å². The highest BCUT2D eigenvalue weighted by Gasteiger charge is 2.11. The molecule has 3 N–H and O–H groups in total. The van der Waals surface area contributed by atoms with Crippen LogP contribution in [0, 0.1) is 6.92 Å². The maximum Gasteiger partial charge on any atom is 0.319 e. The Bertz CT molecular complexity index is 403. The molecule has 0 heterocycles. The summed E-state index contributed by atoms with van der Waals surface area (Å²) in [4.78, 5) is 11.7. The van der Waals surface area contributed by atoms with E-state index in [0.29, 0.717) is 18.9 Å². The normalized spacial score (nSPS) is 10.5. The van der Waals surface area contributed by atoms with Crippen molar-refractivity contribution >= 4 is 11.7 Å². The first kappa shape index (κ1) is 14.5. The van der Waals surface area contributed by atoms with Gasteiger partial charge in [-0.1, -0.05) is 32.0 Å². The highest BCUT2D eigenvalue weighted by molar-refractivity contribution is 5.91. The van der Waals surface area contributed by atoms with Crippen LogP contribution in [0.1, 0.15) is 37.3 Å². The molecular weight excluding hydrogens is 228 g/mol. The van der Waals surface area contributed by atoms with Crippen molar-refractivity contribution in [2.75, 3.05) is 18.5 Å². The van der Waals surface area contributed by atoms with Crippen molar-refractivity contribution in [2.24, 2.45) is 0 Å². The summed E-state index contributed by atoms with van der Waals surface area (Å²) in [5.74, 6) is 0.359. The number of aliphatic hydroxyl groups is 1. The number of rotatable bonds is 5. The van der Waals surface area contributed by atoms with Gasteiger partial charge in [0, 0.05) is 18.8 Å². The first-order valence-corrected chi connectivity index (χ1v) is 6.31. The van der Waals surface area contributed by atoms with Gasteiger partial charge in [0.2, 0.25) is 0 Å². The first-order chi connectivity index (χ1) is 8.56. The Balaban J connectivity index is 2.74. The topological polar surface area (TPSA) is 61.4 Å². The van der Waals surface area contributed by atoms with E-state index in [1.54, 1.807) is 0 Å². The molecule has 100 valence electrons. The number of para-hydroxylation sites is 1. The quantitative estimate of drug-likeness (QED) is 0.703. The van der Waals surface area contributed by atoms with E-state index >= 15 is 0 Å². The number of hydrogen-bond donors (Lipinski definition) is 3. The summed E-state index contributed by atoms with van der Waals surface area (Å²) in [6.45, 7) is 6.75. The molecule has 18 heavy (non-hydrogen) atoms. The zero-order valence-corrected chi connectivity index (χ0v) is 11.3. The van der Waals surface area contributed by atoms with Crippen molar-refractivity contribution in [2.45, 2.75) is 33.1 Å². The lowest BCUT2D eigenvalue weighted by Gasteiger charge is -2.16. The monoisotopic (exact) mass is 250 g/mol. The molecule has 0 aromatic heterocycles. The van der Waals surface area contributed by atoms with Crippen LogP contribution in [0.15, 0.2) is 18.2 Å². The predicted molar refractivity (Wildman–Crippen MR) is 74.0 cm³/mol. The summed E-state index contributed by atoms with van der Waals surface area (Å²) in [6, 6.07) is 5.79. The average Bonchev–Trinajstić information content (AvgIpc) is 2.31. The van der Waals surface area contributed by atoms with Gasteiger partial charge in [0.25, 0.3) is 0 Å². The van der Waals surface area contributed by atoms with E-state index in [1.807, 2.05) is 25.1 Å². The summed E-state index contributed by atoms with van der Waals surface area (Å²) in [5, 5.41) is 14.3. The number of anilines is 1. The molecule has 4 nitrogen and oxygen atoms in total. The molecule has 1 aromatic carbocycles. The van der Waals surface area contributed by atoms with Gasteiger partial charge < -0.3 is 15.7 Å². The van der Waals surface area contributed by atoms with Crippen LogP contribution < -0.4 is 10.6 Å². The molecule has 0 saturated carbocycles. The maximum atomic E-state index is 11.7. The van der Waals surface area contributed by atoms with E-state index in [0.717, 1.165) is 16.8 Å². The fourth-order valence-electron chi connectivity index (χ4n) is 1.78. The Morgan fingerprint density at radius 3 is 2.72 bits per heavy atom. The molecule has 0 aliphatic rings. The van der Waals surface area contributed by atoms with Crippen molar-refractivity contribution in [1.29, 1.82) is 0 Å². The van der Waals surface area contributed by atoms with Crippen LogP contribution in [-0.2, 0) is 0 Å². The maximum absolute atomic E-state index is 11.7. The van der Waals surface area contributed by atoms with Crippen LogP contribution in [-0.4, -0.2) is 24.3 Å². The van der Waals surface area contributed by atoms with Crippen molar-refractivity contribution in [3.05, 3.63) is 29.3 Å². The Morgan fingerprint density at radius 1 is 1.39 bits per heavy atom. The van der Waals surface area contributed by atoms with Crippen molar-refractivity contribution in [3.63, 3.8) is 0 Å². The molecule has 0 radical (unpaired) electrons. The molecular formula is C14H22N2O2. The van der Waals surface area contributed by atoms with Gasteiger partial charge in [0.1, 0.15) is 0 Å². The van der Waals surface area contributed by atoms with Crippen LogP contribution in [0.5, 0.6) is 0 Å². The third-order valence-electron chi connectivity index (χ3n) is 2.79. The van der Waals surface area contributed by atoms with Crippen molar-refractivity contribution in [1.82, 2.24) is 5.32 Å². The molecule has 0 aliphatic carbocycles. The van der Waals surface area contributed by atoms with Gasteiger partial charge >= 0.3 is 6.03 Å². The molecule has 1 aromatic rings. The van der Waals surface area contributed by atoms with Gasteiger partial charge in [0.05, 0.1) is 0 Å². The second-order valence-electron chi connectivity index (χ2n) is 4.65. The van der Waals surface area contributed by atoms with E-state index in [2.05, 4.69) is 24.5 Å². The Labute approximate surface area is 108 Å². The third kappa shape index (κ3) is 4.04. The second-order valence-corrected chi connectivity index (χ2v) is 4.65. The average molecular weight is 250 g/mol. The molecule has 0 spiro atoms. The lowest BCUT2D eigenvalue weighted by atomic mass is 9.98. The SMILES string of the molecule is Cc1cccc(C(C)C)c1NC(=O)NCCCO. The van der Waals surface area contributed by atoms with Crippen LogP contribution in [0.2, 0.25) is 0 Å². The van der Waals surface area contributed by atoms with Crippen LogP contribution in [0.4, 0.5) is 10.5 Å². The number of amides is 2. The molecule has 2 amide bonds. The van der Waals surface area contributed by atoms with E-state index in [4.69, 9.17) is 5.11 Å². The summed E-state index contributed by atoms with van der Waals surface area (Å²) >= 11 is 0. The molecule has 0 fully saturated rings. The minimum atomic E-state index is -0.223. The molecule has 0 aliphatic heterocycles. The Hall–Kier alpha value is -1.55. The molecule has 1 rings (SSSR count). The molecule has 0 unspecified atom stereocenters. The zero-order valence-electron chi connectivity index (χ0n) is 11.3. The van der Waals surface area contributed by atoms with E-state index in [-0.39, 0.29) is 12.6 Å². The largest absolute Gasteiger partial charge is 0.396 e.